The molecule has 1 aromatic carbocycles. The monoisotopic (exact) mass is 247 g/mol. The third-order valence-corrected chi connectivity index (χ3v) is 3.95. The number of hydrogen-bond acceptors (Lipinski definition) is 2. The van der Waals surface area contributed by atoms with Gasteiger partial charge in [-0.2, -0.15) is 0 Å². The SMILES string of the molecule is Cc1cc(C)cc(N2CCC(C)(C(=O)O)CC2)c1. The van der Waals surface area contributed by atoms with Gasteiger partial charge < -0.3 is 10.0 Å². The molecular weight excluding hydrogens is 226 g/mol. The maximum atomic E-state index is 11.2. The number of carboxylic acids is 1. The summed E-state index contributed by atoms with van der Waals surface area (Å²) in [6.07, 6.45) is 1.44. The first-order valence-corrected chi connectivity index (χ1v) is 6.47. The highest BCUT2D eigenvalue weighted by molar-refractivity contribution is 5.74. The van der Waals surface area contributed by atoms with Crippen molar-refractivity contribution < 1.29 is 9.90 Å². The second kappa shape index (κ2) is 4.63. The number of aryl methyl sites for hydroxylation is 2. The molecule has 98 valence electrons. The molecule has 0 saturated carbocycles. The van der Waals surface area contributed by atoms with Gasteiger partial charge in [-0.25, -0.2) is 0 Å². The summed E-state index contributed by atoms with van der Waals surface area (Å²) in [7, 11) is 0. The summed E-state index contributed by atoms with van der Waals surface area (Å²) in [6.45, 7) is 7.70. The lowest BCUT2D eigenvalue weighted by molar-refractivity contribution is -0.149. The third kappa shape index (κ3) is 2.50. The molecule has 0 atom stereocenters. The Morgan fingerprint density at radius 1 is 1.17 bits per heavy atom. The van der Waals surface area contributed by atoms with Gasteiger partial charge in [-0.3, -0.25) is 4.79 Å². The Kier molecular flexibility index (Phi) is 3.33. The molecule has 1 fully saturated rings. The molecular formula is C15H21NO2. The fourth-order valence-corrected chi connectivity index (χ4v) is 2.61. The minimum Gasteiger partial charge on any atom is -0.481 e. The lowest BCUT2D eigenvalue weighted by atomic mass is 9.80. The van der Waals surface area contributed by atoms with Crippen molar-refractivity contribution in [1.82, 2.24) is 0 Å². The molecule has 2 rings (SSSR count). The number of aliphatic carboxylic acids is 1. The van der Waals surface area contributed by atoms with Gasteiger partial charge in [-0.15, -0.1) is 0 Å². The highest BCUT2D eigenvalue weighted by Crippen LogP contribution is 2.33. The number of hydrogen-bond donors (Lipinski definition) is 1. The molecule has 1 heterocycles. The minimum atomic E-state index is -0.664. The van der Waals surface area contributed by atoms with Gasteiger partial charge in [0, 0.05) is 18.8 Å². The Labute approximate surface area is 108 Å². The van der Waals surface area contributed by atoms with E-state index in [4.69, 9.17) is 0 Å². The van der Waals surface area contributed by atoms with E-state index in [9.17, 15) is 9.90 Å². The molecule has 0 radical (unpaired) electrons. The Balaban J connectivity index is 2.12. The lowest BCUT2D eigenvalue weighted by Crippen LogP contribution is -2.42. The molecule has 1 aromatic rings. The van der Waals surface area contributed by atoms with Gasteiger partial charge >= 0.3 is 5.97 Å². The summed E-state index contributed by atoms with van der Waals surface area (Å²) >= 11 is 0. The van der Waals surface area contributed by atoms with E-state index in [0.29, 0.717) is 0 Å². The average molecular weight is 247 g/mol. The van der Waals surface area contributed by atoms with Crippen molar-refractivity contribution in [2.24, 2.45) is 5.41 Å². The fraction of sp³-hybridized carbons (Fsp3) is 0.533. The van der Waals surface area contributed by atoms with Crippen LogP contribution in [0, 0.1) is 19.3 Å². The number of rotatable bonds is 2. The number of anilines is 1. The molecule has 1 aliphatic heterocycles. The molecule has 18 heavy (non-hydrogen) atoms. The predicted octanol–water partition coefficient (Wildman–Crippen LogP) is 2.99. The molecule has 1 saturated heterocycles. The van der Waals surface area contributed by atoms with Gasteiger partial charge in [0.05, 0.1) is 5.41 Å². The Bertz CT molecular complexity index is 439. The Hall–Kier alpha value is -1.51. The predicted molar refractivity (Wildman–Crippen MR) is 73.1 cm³/mol. The summed E-state index contributed by atoms with van der Waals surface area (Å²) in [4.78, 5) is 13.5. The summed E-state index contributed by atoms with van der Waals surface area (Å²) in [5.74, 6) is -0.664. The zero-order valence-corrected chi connectivity index (χ0v) is 11.4. The standard InChI is InChI=1S/C15H21NO2/c1-11-8-12(2)10-13(9-11)16-6-4-15(3,5-7-16)14(17)18/h8-10H,4-7H2,1-3H3,(H,17,18). The zero-order chi connectivity index (χ0) is 13.3. The van der Waals surface area contributed by atoms with E-state index in [1.807, 2.05) is 6.92 Å². The van der Waals surface area contributed by atoms with Gasteiger partial charge in [0.2, 0.25) is 0 Å². The Morgan fingerprint density at radius 2 is 1.67 bits per heavy atom. The smallest absolute Gasteiger partial charge is 0.309 e. The van der Waals surface area contributed by atoms with E-state index in [2.05, 4.69) is 36.9 Å². The van der Waals surface area contributed by atoms with E-state index in [1.165, 1.54) is 16.8 Å². The Morgan fingerprint density at radius 3 is 2.11 bits per heavy atom. The number of carboxylic acid groups (broad SMARTS) is 1. The molecule has 3 nitrogen and oxygen atoms in total. The maximum Gasteiger partial charge on any atom is 0.309 e. The first-order chi connectivity index (χ1) is 8.40. The van der Waals surface area contributed by atoms with Crippen LogP contribution in [0.25, 0.3) is 0 Å². The summed E-state index contributed by atoms with van der Waals surface area (Å²) in [5, 5.41) is 9.22. The van der Waals surface area contributed by atoms with Crippen molar-refractivity contribution in [3.63, 3.8) is 0 Å². The zero-order valence-electron chi connectivity index (χ0n) is 11.4. The first kappa shape index (κ1) is 12.9. The minimum absolute atomic E-state index is 0.546. The topological polar surface area (TPSA) is 40.5 Å². The lowest BCUT2D eigenvalue weighted by Gasteiger charge is -2.38. The normalized spacial score (nSPS) is 18.7. The van der Waals surface area contributed by atoms with Gasteiger partial charge in [-0.1, -0.05) is 6.07 Å². The van der Waals surface area contributed by atoms with Gasteiger partial charge in [0.25, 0.3) is 0 Å². The molecule has 3 heteroatoms. The summed E-state index contributed by atoms with van der Waals surface area (Å²) < 4.78 is 0. The highest BCUT2D eigenvalue weighted by Gasteiger charge is 2.36. The van der Waals surface area contributed by atoms with Crippen molar-refractivity contribution >= 4 is 11.7 Å². The van der Waals surface area contributed by atoms with Crippen molar-refractivity contribution in [3.05, 3.63) is 29.3 Å². The molecule has 0 bridgehead atoms. The van der Waals surface area contributed by atoms with E-state index < -0.39 is 11.4 Å². The largest absolute Gasteiger partial charge is 0.481 e. The van der Waals surface area contributed by atoms with Crippen molar-refractivity contribution in [2.45, 2.75) is 33.6 Å². The van der Waals surface area contributed by atoms with E-state index in [-0.39, 0.29) is 0 Å². The van der Waals surface area contributed by atoms with Gasteiger partial charge in [-0.05, 0) is 56.9 Å². The number of carbonyl (C=O) groups is 1. The average Bonchev–Trinajstić information content (AvgIpc) is 2.28. The van der Waals surface area contributed by atoms with E-state index in [1.54, 1.807) is 0 Å². The van der Waals surface area contributed by atoms with Crippen LogP contribution in [0.2, 0.25) is 0 Å². The van der Waals surface area contributed by atoms with Crippen molar-refractivity contribution in [1.29, 1.82) is 0 Å². The summed E-state index contributed by atoms with van der Waals surface area (Å²) in [6, 6.07) is 6.52. The number of benzene rings is 1. The van der Waals surface area contributed by atoms with Crippen LogP contribution in [0.5, 0.6) is 0 Å². The van der Waals surface area contributed by atoms with Crippen molar-refractivity contribution in [3.8, 4) is 0 Å². The molecule has 0 aromatic heterocycles. The molecule has 0 aliphatic carbocycles. The van der Waals surface area contributed by atoms with Crippen molar-refractivity contribution in [2.75, 3.05) is 18.0 Å². The summed E-state index contributed by atoms with van der Waals surface area (Å²) in [5.41, 5.74) is 3.20. The van der Waals surface area contributed by atoms with Crippen LogP contribution in [-0.2, 0) is 4.79 Å². The molecule has 1 N–H and O–H groups in total. The van der Waals surface area contributed by atoms with Gasteiger partial charge in [0.1, 0.15) is 0 Å². The molecule has 1 aliphatic rings. The van der Waals surface area contributed by atoms with Gasteiger partial charge in [0.15, 0.2) is 0 Å². The number of piperidine rings is 1. The molecule has 0 amide bonds. The molecule has 0 spiro atoms. The fourth-order valence-electron chi connectivity index (χ4n) is 2.61. The van der Waals surface area contributed by atoms with Crippen LogP contribution < -0.4 is 4.90 Å². The van der Waals surface area contributed by atoms with E-state index >= 15 is 0 Å². The second-order valence-electron chi connectivity index (χ2n) is 5.70. The second-order valence-corrected chi connectivity index (χ2v) is 5.70. The van der Waals surface area contributed by atoms with Crippen LogP contribution in [0.1, 0.15) is 30.9 Å². The van der Waals surface area contributed by atoms with E-state index in [0.717, 1.165) is 25.9 Å². The highest BCUT2D eigenvalue weighted by atomic mass is 16.4. The first-order valence-electron chi connectivity index (χ1n) is 6.47. The van der Waals surface area contributed by atoms with Crippen LogP contribution in [-0.4, -0.2) is 24.2 Å². The van der Waals surface area contributed by atoms with Crippen LogP contribution in [0.4, 0.5) is 5.69 Å². The quantitative estimate of drug-likeness (QED) is 0.873. The third-order valence-electron chi connectivity index (χ3n) is 3.95. The maximum absolute atomic E-state index is 11.2. The number of nitrogens with zero attached hydrogens (tertiary/aromatic N) is 1. The van der Waals surface area contributed by atoms with Crippen LogP contribution >= 0.6 is 0 Å². The molecule has 0 unspecified atom stereocenters. The van der Waals surface area contributed by atoms with Crippen LogP contribution in [0.15, 0.2) is 18.2 Å². The van der Waals surface area contributed by atoms with Crippen LogP contribution in [0.3, 0.4) is 0 Å².